The lowest BCUT2D eigenvalue weighted by Gasteiger charge is -2.22. The molecule has 0 saturated carbocycles. The maximum atomic E-state index is 5.96. The predicted octanol–water partition coefficient (Wildman–Crippen LogP) is 3.57. The van der Waals surface area contributed by atoms with Crippen molar-refractivity contribution in [3.63, 3.8) is 0 Å². The lowest BCUT2D eigenvalue weighted by atomic mass is 10.1. The summed E-state index contributed by atoms with van der Waals surface area (Å²) in [4.78, 5) is 4.37. The van der Waals surface area contributed by atoms with Crippen molar-refractivity contribution in [2.45, 2.75) is 53.2 Å². The van der Waals surface area contributed by atoms with Crippen LogP contribution in [-0.2, 0) is 0 Å². The minimum Gasteiger partial charge on any atom is -0.474 e. The van der Waals surface area contributed by atoms with Crippen molar-refractivity contribution in [1.82, 2.24) is 10.3 Å². The first-order valence-electron chi connectivity index (χ1n) is 6.91. The summed E-state index contributed by atoms with van der Waals surface area (Å²) in [5.41, 5.74) is 1.14. The minimum absolute atomic E-state index is 0.178. The Morgan fingerprint density at radius 3 is 2.61 bits per heavy atom. The summed E-state index contributed by atoms with van der Waals surface area (Å²) < 4.78 is 5.96. The van der Waals surface area contributed by atoms with Crippen molar-refractivity contribution in [2.24, 2.45) is 5.92 Å². The van der Waals surface area contributed by atoms with Gasteiger partial charge in [0.25, 0.3) is 0 Å². The van der Waals surface area contributed by atoms with Crippen molar-refractivity contribution in [1.29, 1.82) is 0 Å². The summed E-state index contributed by atoms with van der Waals surface area (Å²) in [6.07, 6.45) is 3.10. The van der Waals surface area contributed by atoms with E-state index in [1.54, 1.807) is 6.20 Å². The zero-order chi connectivity index (χ0) is 13.5. The van der Waals surface area contributed by atoms with Gasteiger partial charge in [0.1, 0.15) is 0 Å². The Balaban J connectivity index is 2.78. The molecule has 1 heterocycles. The molecule has 0 aliphatic heterocycles. The summed E-state index contributed by atoms with van der Waals surface area (Å²) >= 11 is 0. The SMILES string of the molecule is CCCNC(C)c1cccnc1OC(C)C(C)C. The van der Waals surface area contributed by atoms with Gasteiger partial charge in [0, 0.05) is 17.8 Å². The maximum Gasteiger partial charge on any atom is 0.218 e. The molecule has 3 heteroatoms. The van der Waals surface area contributed by atoms with Gasteiger partial charge >= 0.3 is 0 Å². The normalized spacial score (nSPS) is 14.6. The number of aromatic nitrogens is 1. The fourth-order valence-corrected chi connectivity index (χ4v) is 1.61. The first-order valence-corrected chi connectivity index (χ1v) is 6.91. The van der Waals surface area contributed by atoms with E-state index in [0.29, 0.717) is 5.92 Å². The van der Waals surface area contributed by atoms with Gasteiger partial charge < -0.3 is 10.1 Å². The third-order valence-corrected chi connectivity index (χ3v) is 3.20. The van der Waals surface area contributed by atoms with Crippen molar-refractivity contribution >= 4 is 0 Å². The highest BCUT2D eigenvalue weighted by atomic mass is 16.5. The monoisotopic (exact) mass is 250 g/mol. The molecule has 2 atom stereocenters. The van der Waals surface area contributed by atoms with E-state index in [0.717, 1.165) is 24.4 Å². The first-order chi connectivity index (χ1) is 8.56. The second-order valence-electron chi connectivity index (χ2n) is 5.14. The van der Waals surface area contributed by atoms with E-state index in [-0.39, 0.29) is 12.1 Å². The molecule has 1 rings (SSSR count). The van der Waals surface area contributed by atoms with Crippen LogP contribution in [0.25, 0.3) is 0 Å². The highest BCUT2D eigenvalue weighted by Crippen LogP contribution is 2.24. The van der Waals surface area contributed by atoms with Crippen LogP contribution in [0.2, 0.25) is 0 Å². The van der Waals surface area contributed by atoms with Gasteiger partial charge in [-0.3, -0.25) is 0 Å². The van der Waals surface area contributed by atoms with Crippen LogP contribution in [0.4, 0.5) is 0 Å². The van der Waals surface area contributed by atoms with E-state index in [9.17, 15) is 0 Å². The molecule has 0 bridgehead atoms. The Morgan fingerprint density at radius 2 is 2.00 bits per heavy atom. The predicted molar refractivity (Wildman–Crippen MR) is 75.9 cm³/mol. The molecule has 0 aliphatic rings. The third kappa shape index (κ3) is 4.30. The number of nitrogens with zero attached hydrogens (tertiary/aromatic N) is 1. The molecule has 0 spiro atoms. The van der Waals surface area contributed by atoms with E-state index >= 15 is 0 Å². The maximum absolute atomic E-state index is 5.96. The summed E-state index contributed by atoms with van der Waals surface area (Å²) in [7, 11) is 0. The van der Waals surface area contributed by atoms with Crippen LogP contribution < -0.4 is 10.1 Å². The van der Waals surface area contributed by atoms with Crippen molar-refractivity contribution < 1.29 is 4.74 Å². The number of ether oxygens (including phenoxy) is 1. The van der Waals surface area contributed by atoms with Crippen LogP contribution in [0.5, 0.6) is 5.88 Å². The second kappa shape index (κ2) is 7.37. The van der Waals surface area contributed by atoms with Gasteiger partial charge in [-0.05, 0) is 38.8 Å². The Morgan fingerprint density at radius 1 is 1.28 bits per heavy atom. The molecule has 18 heavy (non-hydrogen) atoms. The Bertz CT molecular complexity index is 352. The van der Waals surface area contributed by atoms with Gasteiger partial charge in [0.05, 0.1) is 6.10 Å². The van der Waals surface area contributed by atoms with Gasteiger partial charge in [0.15, 0.2) is 0 Å². The summed E-state index contributed by atoms with van der Waals surface area (Å²) in [6.45, 7) is 11.7. The molecular weight excluding hydrogens is 224 g/mol. The van der Waals surface area contributed by atoms with Crippen LogP contribution in [0.1, 0.15) is 52.6 Å². The zero-order valence-electron chi connectivity index (χ0n) is 12.2. The molecular formula is C15H26N2O. The zero-order valence-corrected chi connectivity index (χ0v) is 12.2. The average Bonchev–Trinajstić information content (AvgIpc) is 2.36. The molecule has 3 nitrogen and oxygen atoms in total. The number of nitrogens with one attached hydrogen (secondary N) is 1. The molecule has 1 aromatic heterocycles. The average molecular weight is 250 g/mol. The number of hydrogen-bond acceptors (Lipinski definition) is 3. The fourth-order valence-electron chi connectivity index (χ4n) is 1.61. The lowest BCUT2D eigenvalue weighted by Crippen LogP contribution is -2.23. The van der Waals surface area contributed by atoms with E-state index in [1.165, 1.54) is 0 Å². The van der Waals surface area contributed by atoms with E-state index in [4.69, 9.17) is 4.74 Å². The van der Waals surface area contributed by atoms with E-state index in [1.807, 2.05) is 6.07 Å². The van der Waals surface area contributed by atoms with Crippen molar-refractivity contribution in [2.75, 3.05) is 6.54 Å². The van der Waals surface area contributed by atoms with Crippen molar-refractivity contribution in [3.8, 4) is 5.88 Å². The topological polar surface area (TPSA) is 34.2 Å². The summed E-state index contributed by atoms with van der Waals surface area (Å²) in [5.74, 6) is 1.24. The van der Waals surface area contributed by atoms with Crippen LogP contribution >= 0.6 is 0 Å². The fraction of sp³-hybridized carbons (Fsp3) is 0.667. The molecule has 0 radical (unpaired) electrons. The van der Waals surface area contributed by atoms with Crippen LogP contribution in [0.15, 0.2) is 18.3 Å². The van der Waals surface area contributed by atoms with Crippen LogP contribution in [0, 0.1) is 5.92 Å². The van der Waals surface area contributed by atoms with E-state index < -0.39 is 0 Å². The molecule has 1 aromatic rings. The van der Waals surface area contributed by atoms with Crippen LogP contribution in [-0.4, -0.2) is 17.6 Å². The molecule has 0 aliphatic carbocycles. The Kier molecular flexibility index (Phi) is 6.13. The van der Waals surface area contributed by atoms with Crippen molar-refractivity contribution in [3.05, 3.63) is 23.9 Å². The standard InChI is InChI=1S/C15H26N2O/c1-6-9-16-12(4)14-8-7-10-17-15(14)18-13(5)11(2)3/h7-8,10-13,16H,6,9H2,1-5H3. The second-order valence-corrected chi connectivity index (χ2v) is 5.14. The molecule has 2 unspecified atom stereocenters. The third-order valence-electron chi connectivity index (χ3n) is 3.20. The minimum atomic E-state index is 0.178. The largest absolute Gasteiger partial charge is 0.474 e. The smallest absolute Gasteiger partial charge is 0.218 e. The molecule has 0 aromatic carbocycles. The highest BCUT2D eigenvalue weighted by molar-refractivity contribution is 5.28. The van der Waals surface area contributed by atoms with Crippen LogP contribution in [0.3, 0.4) is 0 Å². The van der Waals surface area contributed by atoms with Gasteiger partial charge in [0.2, 0.25) is 5.88 Å². The Labute approximate surface area is 111 Å². The lowest BCUT2D eigenvalue weighted by molar-refractivity contribution is 0.160. The van der Waals surface area contributed by atoms with Gasteiger partial charge in [-0.1, -0.05) is 26.8 Å². The van der Waals surface area contributed by atoms with E-state index in [2.05, 4.69) is 51.0 Å². The number of hydrogen-bond donors (Lipinski definition) is 1. The molecule has 0 saturated heterocycles. The molecule has 0 fully saturated rings. The summed E-state index contributed by atoms with van der Waals surface area (Å²) in [5, 5.41) is 3.47. The molecule has 0 amide bonds. The molecule has 1 N–H and O–H groups in total. The number of rotatable bonds is 7. The van der Waals surface area contributed by atoms with Gasteiger partial charge in [-0.2, -0.15) is 0 Å². The molecule has 102 valence electrons. The van der Waals surface area contributed by atoms with Gasteiger partial charge in [-0.15, -0.1) is 0 Å². The summed E-state index contributed by atoms with van der Waals surface area (Å²) in [6, 6.07) is 4.32. The highest BCUT2D eigenvalue weighted by Gasteiger charge is 2.15. The first kappa shape index (κ1) is 15.0. The Hall–Kier alpha value is -1.09. The van der Waals surface area contributed by atoms with Gasteiger partial charge in [-0.25, -0.2) is 4.98 Å². The quantitative estimate of drug-likeness (QED) is 0.803. The number of pyridine rings is 1.